The summed E-state index contributed by atoms with van der Waals surface area (Å²) in [6.45, 7) is 1.89. The van der Waals surface area contributed by atoms with Gasteiger partial charge in [0.1, 0.15) is 5.76 Å². The van der Waals surface area contributed by atoms with Gasteiger partial charge in [0.15, 0.2) is 0 Å². The van der Waals surface area contributed by atoms with Crippen LogP contribution in [0.4, 0.5) is 5.69 Å². The lowest BCUT2D eigenvalue weighted by Crippen LogP contribution is -1.85. The summed E-state index contributed by atoms with van der Waals surface area (Å²) in [5.41, 5.74) is 7.29. The first-order valence-corrected chi connectivity index (χ1v) is 6.11. The maximum atomic E-state index is 6.05. The number of rotatable bonds is 3. The van der Waals surface area contributed by atoms with Crippen LogP contribution in [0.25, 0.3) is 0 Å². The molecule has 0 spiro atoms. The number of nitrogens with two attached hydrogens (primary N) is 1. The zero-order chi connectivity index (χ0) is 11.5. The highest BCUT2D eigenvalue weighted by molar-refractivity contribution is 7.98. The van der Waals surface area contributed by atoms with Gasteiger partial charge >= 0.3 is 0 Å². The second-order valence-electron chi connectivity index (χ2n) is 3.41. The second kappa shape index (κ2) is 4.80. The number of hydrogen-bond acceptors (Lipinski definition) is 4. The number of nitrogens with zero attached hydrogens (tertiary/aromatic N) is 1. The molecule has 0 saturated heterocycles. The molecule has 2 N–H and O–H groups in total. The van der Waals surface area contributed by atoms with Crippen LogP contribution in [0.2, 0.25) is 5.02 Å². The van der Waals surface area contributed by atoms with E-state index in [0.29, 0.717) is 16.5 Å². The van der Waals surface area contributed by atoms with Gasteiger partial charge in [-0.05, 0) is 25.1 Å². The van der Waals surface area contributed by atoms with E-state index in [1.165, 1.54) is 0 Å². The van der Waals surface area contributed by atoms with E-state index in [2.05, 4.69) is 5.16 Å². The lowest BCUT2D eigenvalue weighted by Gasteiger charge is -2.03. The van der Waals surface area contributed by atoms with Crippen molar-refractivity contribution in [2.24, 2.45) is 0 Å². The molecule has 1 heterocycles. The average molecular weight is 255 g/mol. The molecule has 0 radical (unpaired) electrons. The van der Waals surface area contributed by atoms with Crippen LogP contribution < -0.4 is 5.73 Å². The molecule has 5 heteroatoms. The SMILES string of the molecule is Cc1cc(CSc2cc(N)ccc2Cl)on1. The summed E-state index contributed by atoms with van der Waals surface area (Å²) >= 11 is 7.63. The van der Waals surface area contributed by atoms with Gasteiger partial charge in [-0.3, -0.25) is 0 Å². The molecule has 0 aliphatic carbocycles. The van der Waals surface area contributed by atoms with E-state index < -0.39 is 0 Å². The Kier molecular flexibility index (Phi) is 3.41. The third-order valence-electron chi connectivity index (χ3n) is 2.00. The van der Waals surface area contributed by atoms with Gasteiger partial charge in [0.2, 0.25) is 0 Å². The minimum atomic E-state index is 0.698. The van der Waals surface area contributed by atoms with E-state index in [4.69, 9.17) is 21.9 Å². The number of aryl methyl sites for hydroxylation is 1. The number of benzene rings is 1. The Labute approximate surface area is 103 Å². The fourth-order valence-electron chi connectivity index (χ4n) is 1.26. The lowest BCUT2D eigenvalue weighted by atomic mass is 10.3. The number of halogens is 1. The Balaban J connectivity index is 2.07. The summed E-state index contributed by atoms with van der Waals surface area (Å²) in [5.74, 6) is 1.53. The first-order chi connectivity index (χ1) is 7.65. The first-order valence-electron chi connectivity index (χ1n) is 4.75. The predicted octanol–water partition coefficient (Wildman–Crippen LogP) is 3.51. The van der Waals surface area contributed by atoms with Crippen molar-refractivity contribution in [2.75, 3.05) is 5.73 Å². The number of aromatic nitrogens is 1. The third-order valence-corrected chi connectivity index (χ3v) is 3.52. The molecule has 0 aliphatic heterocycles. The van der Waals surface area contributed by atoms with Crippen LogP contribution in [0.1, 0.15) is 11.5 Å². The Morgan fingerprint density at radius 1 is 1.44 bits per heavy atom. The van der Waals surface area contributed by atoms with Crippen LogP contribution >= 0.6 is 23.4 Å². The molecule has 2 rings (SSSR count). The summed E-state index contributed by atoms with van der Waals surface area (Å²) in [7, 11) is 0. The van der Waals surface area contributed by atoms with Crippen molar-refractivity contribution >= 4 is 29.1 Å². The minimum absolute atomic E-state index is 0.698. The fourth-order valence-corrected chi connectivity index (χ4v) is 2.40. The van der Waals surface area contributed by atoms with Gasteiger partial charge in [-0.15, -0.1) is 11.8 Å². The normalized spacial score (nSPS) is 10.6. The van der Waals surface area contributed by atoms with Crippen molar-refractivity contribution in [2.45, 2.75) is 17.6 Å². The van der Waals surface area contributed by atoms with Crippen LogP contribution in [0.15, 0.2) is 33.7 Å². The fraction of sp³-hybridized carbons (Fsp3) is 0.182. The summed E-state index contributed by atoms with van der Waals surface area (Å²) in [6.07, 6.45) is 0. The molecule has 0 fully saturated rings. The van der Waals surface area contributed by atoms with Gasteiger partial charge < -0.3 is 10.3 Å². The average Bonchev–Trinajstić information content (AvgIpc) is 2.66. The molecule has 3 nitrogen and oxygen atoms in total. The van der Waals surface area contributed by atoms with E-state index in [9.17, 15) is 0 Å². The Morgan fingerprint density at radius 2 is 2.25 bits per heavy atom. The summed E-state index contributed by atoms with van der Waals surface area (Å²) in [5, 5.41) is 4.53. The van der Waals surface area contributed by atoms with E-state index in [0.717, 1.165) is 16.3 Å². The summed E-state index contributed by atoms with van der Waals surface area (Å²) < 4.78 is 5.11. The molecule has 0 amide bonds. The molecule has 0 atom stereocenters. The van der Waals surface area contributed by atoms with E-state index in [-0.39, 0.29) is 0 Å². The minimum Gasteiger partial charge on any atom is -0.399 e. The number of nitrogen functional groups attached to an aromatic ring is 1. The van der Waals surface area contributed by atoms with Gasteiger partial charge in [0.25, 0.3) is 0 Å². The van der Waals surface area contributed by atoms with Gasteiger partial charge in [-0.1, -0.05) is 16.8 Å². The zero-order valence-electron chi connectivity index (χ0n) is 8.74. The molecular formula is C11H11ClN2OS. The highest BCUT2D eigenvalue weighted by atomic mass is 35.5. The molecule has 16 heavy (non-hydrogen) atoms. The standard InChI is InChI=1S/C11H11ClN2OS/c1-7-4-9(15-14-7)6-16-11-5-8(13)2-3-10(11)12/h2-5H,6,13H2,1H3. The smallest absolute Gasteiger partial charge is 0.147 e. The van der Waals surface area contributed by atoms with Crippen molar-refractivity contribution in [3.05, 3.63) is 40.7 Å². The summed E-state index contributed by atoms with van der Waals surface area (Å²) in [6, 6.07) is 7.35. The largest absolute Gasteiger partial charge is 0.399 e. The third kappa shape index (κ3) is 2.71. The molecular weight excluding hydrogens is 244 g/mol. The molecule has 0 unspecified atom stereocenters. The Morgan fingerprint density at radius 3 is 2.94 bits per heavy atom. The van der Waals surface area contributed by atoms with Crippen LogP contribution in [0.5, 0.6) is 0 Å². The highest BCUT2D eigenvalue weighted by Gasteiger charge is 2.05. The van der Waals surface area contributed by atoms with E-state index in [1.54, 1.807) is 23.9 Å². The second-order valence-corrected chi connectivity index (χ2v) is 4.84. The van der Waals surface area contributed by atoms with Gasteiger partial charge in [0.05, 0.1) is 16.5 Å². The first kappa shape index (κ1) is 11.4. The zero-order valence-corrected chi connectivity index (χ0v) is 10.3. The maximum absolute atomic E-state index is 6.05. The van der Waals surface area contributed by atoms with Crippen LogP contribution in [-0.2, 0) is 5.75 Å². The summed E-state index contributed by atoms with van der Waals surface area (Å²) in [4.78, 5) is 0.954. The Hall–Kier alpha value is -1.13. The highest BCUT2D eigenvalue weighted by Crippen LogP contribution is 2.31. The van der Waals surface area contributed by atoms with Crippen molar-refractivity contribution in [3.8, 4) is 0 Å². The van der Waals surface area contributed by atoms with Crippen molar-refractivity contribution in [3.63, 3.8) is 0 Å². The van der Waals surface area contributed by atoms with Crippen LogP contribution in [-0.4, -0.2) is 5.16 Å². The van der Waals surface area contributed by atoms with E-state index >= 15 is 0 Å². The van der Waals surface area contributed by atoms with Gasteiger partial charge in [-0.2, -0.15) is 0 Å². The molecule has 1 aromatic carbocycles. The number of anilines is 1. The molecule has 1 aromatic heterocycles. The van der Waals surface area contributed by atoms with Crippen molar-refractivity contribution in [1.29, 1.82) is 0 Å². The molecule has 84 valence electrons. The molecule has 0 aliphatic rings. The molecule has 0 bridgehead atoms. The van der Waals surface area contributed by atoms with E-state index in [1.807, 2.05) is 19.1 Å². The quantitative estimate of drug-likeness (QED) is 0.673. The Bertz CT molecular complexity index is 498. The maximum Gasteiger partial charge on any atom is 0.147 e. The van der Waals surface area contributed by atoms with Crippen molar-refractivity contribution in [1.82, 2.24) is 5.16 Å². The number of thioether (sulfide) groups is 1. The molecule has 0 saturated carbocycles. The molecule has 2 aromatic rings. The number of hydrogen-bond donors (Lipinski definition) is 1. The van der Waals surface area contributed by atoms with Crippen molar-refractivity contribution < 1.29 is 4.52 Å². The predicted molar refractivity (Wildman–Crippen MR) is 66.7 cm³/mol. The lowest BCUT2D eigenvalue weighted by molar-refractivity contribution is 0.391. The monoisotopic (exact) mass is 254 g/mol. The van der Waals surface area contributed by atoms with Gasteiger partial charge in [0, 0.05) is 16.6 Å². The topological polar surface area (TPSA) is 52.0 Å². The van der Waals surface area contributed by atoms with Crippen LogP contribution in [0.3, 0.4) is 0 Å². The van der Waals surface area contributed by atoms with Gasteiger partial charge in [-0.25, -0.2) is 0 Å². The van der Waals surface area contributed by atoms with Crippen LogP contribution in [0, 0.1) is 6.92 Å².